The fourth-order valence-electron chi connectivity index (χ4n) is 4.14. The molecular formula is C24H21B4ClO2S. The van der Waals surface area contributed by atoms with Gasteiger partial charge in [0.2, 0.25) is 0 Å². The van der Waals surface area contributed by atoms with Gasteiger partial charge in [-0.2, -0.15) is 0 Å². The van der Waals surface area contributed by atoms with E-state index in [-0.39, 0.29) is 5.97 Å². The Balaban J connectivity index is 2.09. The lowest BCUT2D eigenvalue weighted by Gasteiger charge is -2.21. The molecule has 0 spiro atoms. The van der Waals surface area contributed by atoms with Crippen molar-refractivity contribution in [2.24, 2.45) is 0 Å². The van der Waals surface area contributed by atoms with Crippen molar-refractivity contribution in [3.63, 3.8) is 0 Å². The van der Waals surface area contributed by atoms with Crippen LogP contribution in [-0.4, -0.2) is 44.5 Å². The number of hydrogen-bond donors (Lipinski definition) is 0. The third kappa shape index (κ3) is 3.96. The van der Waals surface area contributed by atoms with Gasteiger partial charge >= 0.3 is 5.97 Å². The van der Waals surface area contributed by atoms with Gasteiger partial charge in [-0.3, -0.25) is 0 Å². The van der Waals surface area contributed by atoms with Crippen LogP contribution in [0.3, 0.4) is 0 Å². The minimum Gasteiger partial charge on any atom is -0.465 e. The predicted octanol–water partition coefficient (Wildman–Crippen LogP) is 0.223. The van der Waals surface area contributed by atoms with E-state index >= 15 is 0 Å². The maximum absolute atomic E-state index is 13.0. The summed E-state index contributed by atoms with van der Waals surface area (Å²) >= 11 is 7.89. The van der Waals surface area contributed by atoms with Crippen LogP contribution >= 0.6 is 22.9 Å². The summed E-state index contributed by atoms with van der Waals surface area (Å²) in [7, 11) is 9.73. The van der Waals surface area contributed by atoms with Crippen molar-refractivity contribution in [3.05, 3.63) is 71.2 Å². The van der Waals surface area contributed by atoms with Gasteiger partial charge in [-0.1, -0.05) is 65.0 Å². The number of rotatable bonds is 4. The first-order chi connectivity index (χ1) is 15.3. The largest absolute Gasteiger partial charge is 0.465 e. The minimum atomic E-state index is -0.307. The molecule has 0 saturated heterocycles. The van der Waals surface area contributed by atoms with Crippen molar-refractivity contribution in [2.45, 2.75) is 0 Å². The van der Waals surface area contributed by atoms with Gasteiger partial charge in [0.25, 0.3) is 0 Å². The molecule has 0 unspecified atom stereocenters. The second-order valence-electron chi connectivity index (χ2n) is 7.97. The molecule has 32 heavy (non-hydrogen) atoms. The van der Waals surface area contributed by atoms with Gasteiger partial charge in [-0.15, -0.1) is 22.3 Å². The second-order valence-corrected chi connectivity index (χ2v) is 9.46. The van der Waals surface area contributed by atoms with Crippen LogP contribution in [0.2, 0.25) is 5.02 Å². The molecule has 0 aliphatic carbocycles. The molecule has 2 nitrogen and oxygen atoms in total. The van der Waals surface area contributed by atoms with Gasteiger partial charge in [0.1, 0.15) is 31.4 Å². The number of ether oxygens (including phenoxy) is 1. The van der Waals surface area contributed by atoms with E-state index in [1.54, 1.807) is 11.3 Å². The Labute approximate surface area is 201 Å². The number of hydrogen-bond acceptors (Lipinski definition) is 3. The van der Waals surface area contributed by atoms with Crippen molar-refractivity contribution in [2.75, 3.05) is 7.11 Å². The standard InChI is InChI=1S/C24H21B4ClO2S/c1-31-24(30)18-17(19(25)21(27)22(28)20(18)26)15-11-16(12-5-3-2-4-6-12)32-23(15)13-7-9-14(29)10-8-13/h2-11H,25-28H2,1H3. The zero-order valence-corrected chi connectivity index (χ0v) is 20.4. The Kier molecular flexibility index (Phi) is 6.41. The normalized spacial score (nSPS) is 10.8. The third-order valence-corrected chi connectivity index (χ3v) is 7.73. The van der Waals surface area contributed by atoms with Crippen LogP contribution in [-0.2, 0) is 4.74 Å². The highest BCUT2D eigenvalue weighted by atomic mass is 35.5. The molecule has 0 amide bonds. The molecule has 0 saturated carbocycles. The Bertz CT molecular complexity index is 1320. The lowest BCUT2D eigenvalue weighted by Crippen LogP contribution is -2.50. The molecule has 0 fully saturated rings. The highest BCUT2D eigenvalue weighted by Crippen LogP contribution is 2.43. The number of benzene rings is 3. The lowest BCUT2D eigenvalue weighted by molar-refractivity contribution is 0.0603. The molecule has 4 aromatic rings. The third-order valence-electron chi connectivity index (χ3n) is 6.24. The number of carbonyl (C=O) groups excluding carboxylic acids is 1. The van der Waals surface area contributed by atoms with Crippen LogP contribution in [0.4, 0.5) is 0 Å². The van der Waals surface area contributed by atoms with Crippen LogP contribution in [0, 0.1) is 0 Å². The van der Waals surface area contributed by atoms with E-state index in [4.69, 9.17) is 16.3 Å². The summed E-state index contributed by atoms with van der Waals surface area (Å²) in [6.45, 7) is 0. The summed E-state index contributed by atoms with van der Waals surface area (Å²) in [4.78, 5) is 15.2. The van der Waals surface area contributed by atoms with Gasteiger partial charge in [-0.25, -0.2) is 4.79 Å². The first kappa shape index (κ1) is 22.6. The van der Waals surface area contributed by atoms with Gasteiger partial charge in [0, 0.05) is 20.3 Å². The molecule has 0 aliphatic heterocycles. The van der Waals surface area contributed by atoms with Crippen molar-refractivity contribution >= 4 is 82.1 Å². The zero-order valence-electron chi connectivity index (χ0n) is 18.9. The minimum absolute atomic E-state index is 0.307. The summed E-state index contributed by atoms with van der Waals surface area (Å²) in [5.41, 5.74) is 9.23. The molecule has 4 rings (SSSR count). The van der Waals surface area contributed by atoms with Gasteiger partial charge in [-0.05, 0) is 34.9 Å². The van der Waals surface area contributed by atoms with E-state index in [1.165, 1.54) is 12.6 Å². The van der Waals surface area contributed by atoms with Crippen LogP contribution in [0.1, 0.15) is 10.4 Å². The Morgan fingerprint density at radius 2 is 1.47 bits per heavy atom. The smallest absolute Gasteiger partial charge is 0.337 e. The number of halogens is 1. The quantitative estimate of drug-likeness (QED) is 0.328. The average Bonchev–Trinajstić information content (AvgIpc) is 3.25. The molecule has 154 valence electrons. The average molecular weight is 452 g/mol. The highest BCUT2D eigenvalue weighted by Gasteiger charge is 2.25. The van der Waals surface area contributed by atoms with Crippen molar-refractivity contribution < 1.29 is 9.53 Å². The molecule has 0 N–H and O–H groups in total. The lowest BCUT2D eigenvalue weighted by atomic mass is 9.62. The Hall–Kier alpha value is -2.62. The topological polar surface area (TPSA) is 26.3 Å². The fraction of sp³-hybridized carbons (Fsp3) is 0.0417. The van der Waals surface area contributed by atoms with Gasteiger partial charge in [0.15, 0.2) is 0 Å². The first-order valence-electron chi connectivity index (χ1n) is 10.5. The number of methoxy groups -OCH3 is 1. The van der Waals surface area contributed by atoms with Crippen LogP contribution in [0.5, 0.6) is 0 Å². The molecule has 0 atom stereocenters. The Morgan fingerprint density at radius 3 is 2.09 bits per heavy atom. The van der Waals surface area contributed by atoms with Gasteiger partial charge in [0.05, 0.1) is 12.7 Å². The maximum atomic E-state index is 13.0. The summed E-state index contributed by atoms with van der Waals surface area (Å²) in [6.07, 6.45) is 0. The van der Waals surface area contributed by atoms with Crippen molar-refractivity contribution in [3.8, 4) is 32.0 Å². The summed E-state index contributed by atoms with van der Waals surface area (Å²) < 4.78 is 5.23. The summed E-state index contributed by atoms with van der Waals surface area (Å²) in [5.74, 6) is -0.307. The fourth-order valence-corrected chi connectivity index (χ4v) is 5.44. The molecule has 0 bridgehead atoms. The summed E-state index contributed by atoms with van der Waals surface area (Å²) in [5, 5.41) is 0.698. The van der Waals surface area contributed by atoms with Crippen molar-refractivity contribution in [1.29, 1.82) is 0 Å². The van der Waals surface area contributed by atoms with E-state index in [0.717, 1.165) is 48.4 Å². The molecule has 0 aliphatic rings. The number of carbonyl (C=O) groups is 1. The van der Waals surface area contributed by atoms with Crippen molar-refractivity contribution in [1.82, 2.24) is 0 Å². The van der Waals surface area contributed by atoms with Crippen LogP contribution < -0.4 is 21.9 Å². The maximum Gasteiger partial charge on any atom is 0.337 e. The van der Waals surface area contributed by atoms with E-state index in [1.807, 2.05) is 50.3 Å². The zero-order chi connectivity index (χ0) is 23.0. The molecule has 1 aromatic heterocycles. The highest BCUT2D eigenvalue weighted by molar-refractivity contribution is 7.19. The van der Waals surface area contributed by atoms with E-state index in [0.29, 0.717) is 10.6 Å². The molecular weight excluding hydrogens is 431 g/mol. The SMILES string of the molecule is Bc1c(B)c(B)c(-c2cc(-c3ccccc3)sc2-c2ccc(Cl)cc2)c(C(=O)OC)c1B. The number of esters is 1. The van der Waals surface area contributed by atoms with Crippen LogP contribution in [0.15, 0.2) is 60.7 Å². The molecule has 3 aromatic carbocycles. The molecule has 1 heterocycles. The Morgan fingerprint density at radius 1 is 0.844 bits per heavy atom. The van der Waals surface area contributed by atoms with E-state index in [2.05, 4.69) is 41.7 Å². The summed E-state index contributed by atoms with van der Waals surface area (Å²) in [6, 6.07) is 20.4. The van der Waals surface area contributed by atoms with Gasteiger partial charge < -0.3 is 4.74 Å². The monoisotopic (exact) mass is 452 g/mol. The molecule has 0 radical (unpaired) electrons. The van der Waals surface area contributed by atoms with Crippen LogP contribution in [0.25, 0.3) is 32.0 Å². The van der Waals surface area contributed by atoms with E-state index in [9.17, 15) is 4.79 Å². The molecule has 8 heteroatoms. The predicted molar refractivity (Wildman–Crippen MR) is 150 cm³/mol. The number of thiophene rings is 1. The second kappa shape index (κ2) is 9.09. The van der Waals surface area contributed by atoms with E-state index < -0.39 is 0 Å². The first-order valence-corrected chi connectivity index (χ1v) is 11.7.